The maximum Gasteiger partial charge on any atom is 0.246 e. The highest BCUT2D eigenvalue weighted by Crippen LogP contribution is 2.25. The zero-order valence-electron chi connectivity index (χ0n) is 9.88. The molecule has 18 heavy (non-hydrogen) atoms. The molecule has 1 aromatic carbocycles. The van der Waals surface area contributed by atoms with E-state index >= 15 is 0 Å². The molecule has 1 heterocycles. The van der Waals surface area contributed by atoms with Crippen molar-refractivity contribution in [2.75, 3.05) is 5.32 Å². The number of carbonyl (C=O) groups is 1. The monoisotopic (exact) mass is 262 g/mol. The van der Waals surface area contributed by atoms with Crippen molar-refractivity contribution in [3.8, 4) is 5.75 Å². The van der Waals surface area contributed by atoms with E-state index in [0.717, 1.165) is 10.4 Å². The van der Waals surface area contributed by atoms with Crippen molar-refractivity contribution in [3.63, 3.8) is 0 Å². The first-order chi connectivity index (χ1) is 8.58. The largest absolute Gasteiger partial charge is 0.506 e. The molecule has 0 bridgehead atoms. The molecule has 4 nitrogen and oxygen atoms in total. The molecule has 0 aliphatic rings. The number of benzene rings is 1. The number of anilines is 1. The Labute approximate surface area is 109 Å². The lowest BCUT2D eigenvalue weighted by molar-refractivity contribution is -0.117. The standard InChI is InChI=1S/C13H14N2O2S/c1-8-4-5-10(16)9(7-8)15-13(17)12(14)11-3-2-6-18-11/h2-7,12,16H,14H2,1H3,(H,15,17). The number of hydrogen-bond acceptors (Lipinski definition) is 4. The second-order valence-corrected chi connectivity index (χ2v) is 4.98. The molecule has 0 saturated carbocycles. The number of amides is 1. The van der Waals surface area contributed by atoms with Gasteiger partial charge in [0.05, 0.1) is 5.69 Å². The van der Waals surface area contributed by atoms with Gasteiger partial charge >= 0.3 is 0 Å². The zero-order chi connectivity index (χ0) is 13.1. The normalized spacial score (nSPS) is 12.1. The molecule has 2 aromatic rings. The Morgan fingerprint density at radius 3 is 2.89 bits per heavy atom. The van der Waals surface area contributed by atoms with Gasteiger partial charge in [0.2, 0.25) is 5.91 Å². The van der Waals surface area contributed by atoms with Gasteiger partial charge in [0.25, 0.3) is 0 Å². The summed E-state index contributed by atoms with van der Waals surface area (Å²) in [5, 5.41) is 14.1. The third-order valence-electron chi connectivity index (χ3n) is 2.54. The molecule has 2 rings (SSSR count). The van der Waals surface area contributed by atoms with Crippen LogP contribution >= 0.6 is 11.3 Å². The molecule has 1 amide bonds. The van der Waals surface area contributed by atoms with Crippen LogP contribution in [0, 0.1) is 6.92 Å². The van der Waals surface area contributed by atoms with Gasteiger partial charge in [0.15, 0.2) is 0 Å². The minimum atomic E-state index is -0.718. The van der Waals surface area contributed by atoms with E-state index in [4.69, 9.17) is 5.73 Å². The second kappa shape index (κ2) is 5.20. The molecule has 0 spiro atoms. The second-order valence-electron chi connectivity index (χ2n) is 4.00. The van der Waals surface area contributed by atoms with Crippen molar-refractivity contribution in [1.82, 2.24) is 0 Å². The quantitative estimate of drug-likeness (QED) is 0.743. The lowest BCUT2D eigenvalue weighted by Gasteiger charge is -2.12. The van der Waals surface area contributed by atoms with Crippen LogP contribution in [0.4, 0.5) is 5.69 Å². The van der Waals surface area contributed by atoms with Crippen LogP contribution in [0.5, 0.6) is 5.75 Å². The highest BCUT2D eigenvalue weighted by Gasteiger charge is 2.17. The number of rotatable bonds is 3. The highest BCUT2D eigenvalue weighted by molar-refractivity contribution is 7.10. The van der Waals surface area contributed by atoms with Crippen molar-refractivity contribution in [2.24, 2.45) is 5.73 Å². The first kappa shape index (κ1) is 12.6. The number of nitrogens with one attached hydrogen (secondary N) is 1. The minimum Gasteiger partial charge on any atom is -0.506 e. The summed E-state index contributed by atoms with van der Waals surface area (Å²) in [6.45, 7) is 1.88. The van der Waals surface area contributed by atoms with Gasteiger partial charge in [-0.3, -0.25) is 4.79 Å². The lowest BCUT2D eigenvalue weighted by atomic mass is 10.2. The van der Waals surface area contributed by atoms with Gasteiger partial charge in [-0.15, -0.1) is 11.3 Å². The predicted molar refractivity (Wildman–Crippen MR) is 72.7 cm³/mol. The Morgan fingerprint density at radius 2 is 2.22 bits per heavy atom. The maximum atomic E-state index is 11.9. The number of phenolic OH excluding ortho intramolecular Hbond substituents is 1. The molecule has 1 aromatic heterocycles. The van der Waals surface area contributed by atoms with E-state index in [1.54, 1.807) is 18.2 Å². The van der Waals surface area contributed by atoms with Crippen LogP contribution in [0.3, 0.4) is 0 Å². The third kappa shape index (κ3) is 2.69. The van der Waals surface area contributed by atoms with E-state index in [2.05, 4.69) is 5.32 Å². The fourth-order valence-electron chi connectivity index (χ4n) is 1.56. The van der Waals surface area contributed by atoms with Crippen molar-refractivity contribution >= 4 is 22.9 Å². The number of carbonyl (C=O) groups excluding carboxylic acids is 1. The predicted octanol–water partition coefficient (Wildman–Crippen LogP) is 2.40. The highest BCUT2D eigenvalue weighted by atomic mass is 32.1. The number of aromatic hydroxyl groups is 1. The number of nitrogens with two attached hydrogens (primary N) is 1. The Kier molecular flexibility index (Phi) is 3.64. The Bertz CT molecular complexity index is 552. The van der Waals surface area contributed by atoms with Gasteiger partial charge in [0.1, 0.15) is 11.8 Å². The summed E-state index contributed by atoms with van der Waals surface area (Å²) in [6.07, 6.45) is 0. The summed E-state index contributed by atoms with van der Waals surface area (Å²) < 4.78 is 0. The summed E-state index contributed by atoms with van der Waals surface area (Å²) in [4.78, 5) is 12.7. The molecule has 4 N–H and O–H groups in total. The molecular formula is C13H14N2O2S. The number of thiophene rings is 1. The van der Waals surface area contributed by atoms with Gasteiger partial charge < -0.3 is 16.2 Å². The average molecular weight is 262 g/mol. The summed E-state index contributed by atoms with van der Waals surface area (Å²) in [6, 6.07) is 7.95. The summed E-state index contributed by atoms with van der Waals surface area (Å²) in [5.41, 5.74) is 7.17. The first-order valence-electron chi connectivity index (χ1n) is 5.47. The lowest BCUT2D eigenvalue weighted by Crippen LogP contribution is -2.27. The van der Waals surface area contributed by atoms with Crippen LogP contribution < -0.4 is 11.1 Å². The van der Waals surface area contributed by atoms with Crippen molar-refractivity contribution in [3.05, 3.63) is 46.2 Å². The molecule has 0 radical (unpaired) electrons. The number of phenols is 1. The molecule has 1 atom stereocenters. The van der Waals surface area contributed by atoms with Gasteiger partial charge in [-0.2, -0.15) is 0 Å². The molecule has 0 aliphatic carbocycles. The molecule has 0 aliphatic heterocycles. The van der Waals surface area contributed by atoms with Gasteiger partial charge in [-0.05, 0) is 36.1 Å². The van der Waals surface area contributed by atoms with Gasteiger partial charge in [-0.1, -0.05) is 12.1 Å². The fourth-order valence-corrected chi connectivity index (χ4v) is 2.28. The van der Waals surface area contributed by atoms with Crippen LogP contribution in [0.15, 0.2) is 35.7 Å². The van der Waals surface area contributed by atoms with Crippen LogP contribution in [0.1, 0.15) is 16.5 Å². The van der Waals surface area contributed by atoms with Crippen LogP contribution in [-0.2, 0) is 4.79 Å². The van der Waals surface area contributed by atoms with E-state index in [9.17, 15) is 9.90 Å². The topological polar surface area (TPSA) is 75.3 Å². The van der Waals surface area contributed by atoms with Crippen molar-refractivity contribution in [2.45, 2.75) is 13.0 Å². The fraction of sp³-hybridized carbons (Fsp3) is 0.154. The molecule has 5 heteroatoms. The Balaban J connectivity index is 2.14. The van der Waals surface area contributed by atoms with E-state index in [0.29, 0.717) is 5.69 Å². The number of aryl methyl sites for hydroxylation is 1. The van der Waals surface area contributed by atoms with E-state index in [1.165, 1.54) is 11.3 Å². The van der Waals surface area contributed by atoms with Gasteiger partial charge in [-0.25, -0.2) is 0 Å². The smallest absolute Gasteiger partial charge is 0.246 e. The van der Waals surface area contributed by atoms with Crippen LogP contribution in [-0.4, -0.2) is 11.0 Å². The Hall–Kier alpha value is -1.85. The Morgan fingerprint density at radius 1 is 1.44 bits per heavy atom. The third-order valence-corrected chi connectivity index (χ3v) is 3.50. The molecule has 0 fully saturated rings. The van der Waals surface area contributed by atoms with E-state index in [-0.39, 0.29) is 11.7 Å². The molecule has 1 unspecified atom stereocenters. The van der Waals surface area contributed by atoms with Crippen LogP contribution in [0.2, 0.25) is 0 Å². The van der Waals surface area contributed by atoms with Crippen molar-refractivity contribution < 1.29 is 9.90 Å². The van der Waals surface area contributed by atoms with Crippen molar-refractivity contribution in [1.29, 1.82) is 0 Å². The molecule has 0 saturated heterocycles. The first-order valence-corrected chi connectivity index (χ1v) is 6.35. The average Bonchev–Trinajstić information content (AvgIpc) is 2.86. The summed E-state index contributed by atoms with van der Waals surface area (Å²) in [7, 11) is 0. The SMILES string of the molecule is Cc1ccc(O)c(NC(=O)C(N)c2cccs2)c1. The number of hydrogen-bond donors (Lipinski definition) is 3. The van der Waals surface area contributed by atoms with Gasteiger partial charge in [0, 0.05) is 4.88 Å². The van der Waals surface area contributed by atoms with E-state index in [1.807, 2.05) is 24.4 Å². The summed E-state index contributed by atoms with van der Waals surface area (Å²) in [5.74, 6) is -0.300. The molecular weight excluding hydrogens is 248 g/mol. The molecule has 94 valence electrons. The van der Waals surface area contributed by atoms with E-state index < -0.39 is 6.04 Å². The van der Waals surface area contributed by atoms with Crippen LogP contribution in [0.25, 0.3) is 0 Å². The summed E-state index contributed by atoms with van der Waals surface area (Å²) >= 11 is 1.43. The minimum absolute atomic E-state index is 0.0346. The maximum absolute atomic E-state index is 11.9. The zero-order valence-corrected chi connectivity index (χ0v) is 10.7.